The minimum atomic E-state index is -1.16. The standard InChI is InChI=1S/C6H10O4.C3H6/c1-4(2)10-6(9)3-5(7)8;1-2-3-1/h4H,3H2,1-2H3,(H,7,8);1-3H2. The zero-order valence-corrected chi connectivity index (χ0v) is 8.08. The number of rotatable bonds is 3. The molecule has 0 bridgehead atoms. The molecule has 76 valence electrons. The molecule has 0 heterocycles. The molecule has 0 aromatic carbocycles. The van der Waals surface area contributed by atoms with Gasteiger partial charge in [0.2, 0.25) is 0 Å². The number of hydrogen-bond donors (Lipinski definition) is 1. The molecule has 1 rings (SSSR count). The molecular formula is C9H16O4. The lowest BCUT2D eigenvalue weighted by molar-refractivity contribution is -0.153. The topological polar surface area (TPSA) is 63.6 Å². The fourth-order valence-electron chi connectivity index (χ4n) is 0.428. The summed E-state index contributed by atoms with van der Waals surface area (Å²) in [4.78, 5) is 20.4. The summed E-state index contributed by atoms with van der Waals surface area (Å²) in [5, 5.41) is 8.10. The van der Waals surface area contributed by atoms with E-state index in [1.54, 1.807) is 13.8 Å². The first-order chi connectivity index (χ1) is 6.02. The van der Waals surface area contributed by atoms with Gasteiger partial charge in [-0.2, -0.15) is 0 Å². The van der Waals surface area contributed by atoms with Crippen LogP contribution in [0, 0.1) is 0 Å². The second-order valence-electron chi connectivity index (χ2n) is 3.17. The summed E-state index contributed by atoms with van der Waals surface area (Å²) in [7, 11) is 0. The highest BCUT2D eigenvalue weighted by Crippen LogP contribution is 2.14. The van der Waals surface area contributed by atoms with Gasteiger partial charge in [-0.1, -0.05) is 19.3 Å². The van der Waals surface area contributed by atoms with Crippen LogP contribution in [0.15, 0.2) is 0 Å². The summed E-state index contributed by atoms with van der Waals surface area (Å²) >= 11 is 0. The molecule has 0 saturated heterocycles. The van der Waals surface area contributed by atoms with Crippen molar-refractivity contribution >= 4 is 11.9 Å². The van der Waals surface area contributed by atoms with Gasteiger partial charge in [0.25, 0.3) is 0 Å². The number of aliphatic carboxylic acids is 1. The van der Waals surface area contributed by atoms with E-state index in [1.807, 2.05) is 0 Å². The summed E-state index contributed by atoms with van der Waals surface area (Å²) in [6.07, 6.45) is 3.70. The van der Waals surface area contributed by atoms with Crippen LogP contribution in [0.1, 0.15) is 39.5 Å². The quantitative estimate of drug-likeness (QED) is 0.539. The van der Waals surface area contributed by atoms with Gasteiger partial charge in [0.15, 0.2) is 0 Å². The molecule has 0 aromatic rings. The van der Waals surface area contributed by atoms with Crippen molar-refractivity contribution in [2.45, 2.75) is 45.6 Å². The van der Waals surface area contributed by atoms with E-state index in [2.05, 4.69) is 4.74 Å². The third-order valence-electron chi connectivity index (χ3n) is 1.02. The molecule has 0 aromatic heterocycles. The van der Waals surface area contributed by atoms with Crippen LogP contribution in [0.25, 0.3) is 0 Å². The maximum Gasteiger partial charge on any atom is 0.317 e. The molecule has 1 fully saturated rings. The second-order valence-corrected chi connectivity index (χ2v) is 3.17. The minimum Gasteiger partial charge on any atom is -0.481 e. The van der Waals surface area contributed by atoms with Gasteiger partial charge in [-0.3, -0.25) is 9.59 Å². The second kappa shape index (κ2) is 6.46. The van der Waals surface area contributed by atoms with Gasteiger partial charge < -0.3 is 9.84 Å². The van der Waals surface area contributed by atoms with E-state index in [0.717, 1.165) is 0 Å². The van der Waals surface area contributed by atoms with E-state index in [9.17, 15) is 9.59 Å². The largest absolute Gasteiger partial charge is 0.481 e. The molecule has 4 heteroatoms. The number of carbonyl (C=O) groups excluding carboxylic acids is 1. The van der Waals surface area contributed by atoms with Crippen molar-refractivity contribution in [3.8, 4) is 0 Å². The average molecular weight is 188 g/mol. The molecule has 0 radical (unpaired) electrons. The third kappa shape index (κ3) is 13.9. The Balaban J connectivity index is 0.000000396. The SMILES string of the molecule is C1CC1.CC(C)OC(=O)CC(=O)O. The highest BCUT2D eigenvalue weighted by Gasteiger charge is 2.09. The predicted octanol–water partition coefficient (Wildman–Crippen LogP) is 1.58. The number of carboxylic acids is 1. The molecule has 1 N–H and O–H groups in total. The van der Waals surface area contributed by atoms with Crippen molar-refractivity contribution in [1.29, 1.82) is 0 Å². The fourth-order valence-corrected chi connectivity index (χ4v) is 0.428. The normalized spacial score (nSPS) is 12.8. The fraction of sp³-hybridized carbons (Fsp3) is 0.778. The lowest BCUT2D eigenvalue weighted by atomic mass is 10.4. The Kier molecular flexibility index (Phi) is 5.93. The number of hydrogen-bond acceptors (Lipinski definition) is 3. The average Bonchev–Trinajstić information content (AvgIpc) is 2.64. The molecule has 1 aliphatic carbocycles. The van der Waals surface area contributed by atoms with Gasteiger partial charge in [-0.25, -0.2) is 0 Å². The molecule has 0 aliphatic heterocycles. The summed E-state index contributed by atoms with van der Waals surface area (Å²) in [5.41, 5.74) is 0. The number of carboxylic acid groups (broad SMARTS) is 1. The van der Waals surface area contributed by atoms with Crippen LogP contribution in [0.5, 0.6) is 0 Å². The number of ether oxygens (including phenoxy) is 1. The van der Waals surface area contributed by atoms with Crippen LogP contribution < -0.4 is 0 Å². The van der Waals surface area contributed by atoms with Gasteiger partial charge in [0, 0.05) is 0 Å². The van der Waals surface area contributed by atoms with Crippen molar-refractivity contribution in [3.05, 3.63) is 0 Å². The van der Waals surface area contributed by atoms with Gasteiger partial charge in [-0.05, 0) is 13.8 Å². The molecular weight excluding hydrogens is 172 g/mol. The Morgan fingerprint density at radius 2 is 1.77 bits per heavy atom. The highest BCUT2D eigenvalue weighted by molar-refractivity contribution is 5.90. The Hall–Kier alpha value is -1.06. The van der Waals surface area contributed by atoms with Crippen molar-refractivity contribution in [1.82, 2.24) is 0 Å². The maximum absolute atomic E-state index is 10.5. The van der Waals surface area contributed by atoms with E-state index in [4.69, 9.17) is 5.11 Å². The van der Waals surface area contributed by atoms with Crippen LogP contribution in [0.3, 0.4) is 0 Å². The van der Waals surface area contributed by atoms with Crippen molar-refractivity contribution in [2.24, 2.45) is 0 Å². The van der Waals surface area contributed by atoms with Crippen LogP contribution in [-0.2, 0) is 14.3 Å². The lowest BCUT2D eigenvalue weighted by Gasteiger charge is -2.04. The smallest absolute Gasteiger partial charge is 0.317 e. The summed E-state index contributed by atoms with van der Waals surface area (Å²) in [5.74, 6) is -1.85. The van der Waals surface area contributed by atoms with E-state index >= 15 is 0 Å². The first-order valence-electron chi connectivity index (χ1n) is 4.43. The van der Waals surface area contributed by atoms with Crippen LogP contribution in [0.2, 0.25) is 0 Å². The van der Waals surface area contributed by atoms with Crippen molar-refractivity contribution in [2.75, 3.05) is 0 Å². The maximum atomic E-state index is 10.5. The van der Waals surface area contributed by atoms with Gasteiger partial charge >= 0.3 is 11.9 Å². The summed E-state index contributed by atoms with van der Waals surface area (Å²) in [6.45, 7) is 3.33. The van der Waals surface area contributed by atoms with E-state index < -0.39 is 18.4 Å². The van der Waals surface area contributed by atoms with Crippen molar-refractivity contribution < 1.29 is 19.4 Å². The number of esters is 1. The first-order valence-corrected chi connectivity index (χ1v) is 4.43. The molecule has 1 saturated carbocycles. The van der Waals surface area contributed by atoms with E-state index in [0.29, 0.717) is 0 Å². The van der Waals surface area contributed by atoms with Gasteiger partial charge in [-0.15, -0.1) is 0 Å². The third-order valence-corrected chi connectivity index (χ3v) is 1.02. The van der Waals surface area contributed by atoms with E-state index in [1.165, 1.54) is 19.3 Å². The van der Waals surface area contributed by atoms with E-state index in [-0.39, 0.29) is 6.10 Å². The summed E-state index contributed by atoms with van der Waals surface area (Å²) < 4.78 is 4.54. The lowest BCUT2D eigenvalue weighted by Crippen LogP contribution is -2.14. The van der Waals surface area contributed by atoms with Gasteiger partial charge in [0.05, 0.1) is 6.10 Å². The molecule has 13 heavy (non-hydrogen) atoms. The molecule has 1 aliphatic rings. The van der Waals surface area contributed by atoms with Crippen LogP contribution >= 0.6 is 0 Å². The Labute approximate surface area is 77.9 Å². The highest BCUT2D eigenvalue weighted by atomic mass is 16.5. The monoisotopic (exact) mass is 188 g/mol. The molecule has 0 amide bonds. The Morgan fingerprint density at radius 3 is 2.00 bits per heavy atom. The van der Waals surface area contributed by atoms with Crippen LogP contribution in [0.4, 0.5) is 0 Å². The Morgan fingerprint density at radius 1 is 1.31 bits per heavy atom. The molecule has 0 unspecified atom stereocenters. The zero-order valence-electron chi connectivity index (χ0n) is 8.08. The zero-order chi connectivity index (χ0) is 10.3. The molecule has 4 nitrogen and oxygen atoms in total. The predicted molar refractivity (Wildman–Crippen MR) is 47.3 cm³/mol. The summed E-state index contributed by atoms with van der Waals surface area (Å²) in [6, 6.07) is 0. The first kappa shape index (κ1) is 11.9. The van der Waals surface area contributed by atoms with Crippen molar-refractivity contribution in [3.63, 3.8) is 0 Å². The minimum absolute atomic E-state index is 0.244. The Bertz CT molecular complexity index is 170. The number of carbonyl (C=O) groups is 2. The molecule has 0 atom stereocenters. The van der Waals surface area contributed by atoms with Gasteiger partial charge in [0.1, 0.15) is 6.42 Å². The molecule has 0 spiro atoms. The van der Waals surface area contributed by atoms with Crippen LogP contribution in [-0.4, -0.2) is 23.1 Å².